The number of nitrogens with one attached hydrogen (secondary N) is 1. The standard InChI is InChI=1S/C35H44FN7O3/c1-22-19-27(32(36)33(38-22)28-21-37-14-11-31(28)46-4)34(45)40-35-39-29-10-5-24(23-12-15-42(16-13-23)18-17-41(2)3)20-30(29)43(35)25-6-8-26(44)9-7-25/h5,10-11,14,19-21,23,25-26,44H,6-9,12-13,15-18H2,1-4H3,(H,39,40,45)/t25-,26+. The van der Waals surface area contributed by atoms with Crippen molar-refractivity contribution in [3.05, 3.63) is 65.4 Å². The second kappa shape index (κ2) is 13.8. The van der Waals surface area contributed by atoms with Crippen LogP contribution in [0.2, 0.25) is 0 Å². The predicted molar refractivity (Wildman–Crippen MR) is 177 cm³/mol. The number of anilines is 1. The fourth-order valence-electron chi connectivity index (χ4n) is 6.88. The van der Waals surface area contributed by atoms with Gasteiger partial charge in [-0.15, -0.1) is 0 Å². The number of aliphatic hydroxyl groups excluding tert-OH is 1. The number of aliphatic hydroxyl groups is 1. The number of fused-ring (bicyclic) bond motifs is 1. The quantitative estimate of drug-likeness (QED) is 0.253. The molecule has 0 spiro atoms. The van der Waals surface area contributed by atoms with Crippen LogP contribution in [0.25, 0.3) is 22.3 Å². The number of hydrogen-bond acceptors (Lipinski definition) is 8. The Morgan fingerprint density at radius 1 is 1.09 bits per heavy atom. The van der Waals surface area contributed by atoms with Crippen LogP contribution in [-0.2, 0) is 0 Å². The highest BCUT2D eigenvalue weighted by molar-refractivity contribution is 6.05. The lowest BCUT2D eigenvalue weighted by atomic mass is 9.89. The number of nitrogens with zero attached hydrogens (tertiary/aromatic N) is 6. The van der Waals surface area contributed by atoms with Gasteiger partial charge in [0.1, 0.15) is 11.4 Å². The molecule has 2 N–H and O–H groups in total. The number of piperidine rings is 1. The molecule has 244 valence electrons. The highest BCUT2D eigenvalue weighted by Crippen LogP contribution is 2.37. The van der Waals surface area contributed by atoms with Gasteiger partial charge in [0.25, 0.3) is 5.91 Å². The minimum atomic E-state index is -0.753. The normalized spacial score (nSPS) is 19.5. The molecule has 0 atom stereocenters. The maximum Gasteiger partial charge on any atom is 0.261 e. The summed E-state index contributed by atoms with van der Waals surface area (Å²) in [5.41, 5.74) is 3.73. The summed E-state index contributed by atoms with van der Waals surface area (Å²) < 4.78 is 23.5. The second-order valence-electron chi connectivity index (χ2n) is 12.9. The van der Waals surface area contributed by atoms with E-state index in [1.54, 1.807) is 19.2 Å². The zero-order valence-corrected chi connectivity index (χ0v) is 27.2. The van der Waals surface area contributed by atoms with Crippen LogP contribution >= 0.6 is 0 Å². The molecule has 11 heteroatoms. The van der Waals surface area contributed by atoms with Gasteiger partial charge < -0.3 is 24.2 Å². The molecule has 0 radical (unpaired) electrons. The van der Waals surface area contributed by atoms with Crippen LogP contribution in [0.15, 0.2) is 42.7 Å². The summed E-state index contributed by atoms with van der Waals surface area (Å²) in [6.07, 6.45) is 7.78. The number of likely N-dealkylation sites (tertiary alicyclic amines) is 1. The van der Waals surface area contributed by atoms with E-state index in [0.29, 0.717) is 41.7 Å². The van der Waals surface area contributed by atoms with Crippen LogP contribution in [0.3, 0.4) is 0 Å². The molecule has 2 fully saturated rings. The van der Waals surface area contributed by atoms with E-state index < -0.39 is 11.7 Å². The minimum Gasteiger partial charge on any atom is -0.496 e. The Morgan fingerprint density at radius 3 is 2.57 bits per heavy atom. The van der Waals surface area contributed by atoms with Gasteiger partial charge in [-0.25, -0.2) is 14.4 Å². The molecular formula is C35H44FN7O3. The molecule has 1 aliphatic carbocycles. The van der Waals surface area contributed by atoms with E-state index in [-0.39, 0.29) is 23.4 Å². The highest BCUT2D eigenvalue weighted by atomic mass is 19.1. The number of amides is 1. The van der Waals surface area contributed by atoms with E-state index in [2.05, 4.69) is 55.9 Å². The van der Waals surface area contributed by atoms with Crippen LogP contribution in [0, 0.1) is 12.7 Å². The molecule has 1 aromatic carbocycles. The Morgan fingerprint density at radius 2 is 1.85 bits per heavy atom. The van der Waals surface area contributed by atoms with Crippen LogP contribution in [0.1, 0.15) is 72.1 Å². The Kier molecular flexibility index (Phi) is 9.62. The van der Waals surface area contributed by atoms with Crippen molar-refractivity contribution in [2.75, 3.05) is 52.7 Å². The first-order valence-electron chi connectivity index (χ1n) is 16.3. The van der Waals surface area contributed by atoms with Crippen molar-refractivity contribution in [3.63, 3.8) is 0 Å². The molecule has 6 rings (SSSR count). The summed E-state index contributed by atoms with van der Waals surface area (Å²) >= 11 is 0. The molecule has 1 saturated carbocycles. The third-order valence-corrected chi connectivity index (χ3v) is 9.48. The van der Waals surface area contributed by atoms with Gasteiger partial charge in [-0.2, -0.15) is 0 Å². The van der Waals surface area contributed by atoms with Gasteiger partial charge in [-0.3, -0.25) is 15.1 Å². The SMILES string of the molecule is COc1ccncc1-c1nc(C)cc(C(=O)Nc2nc3ccc(C4CCN(CCN(C)C)CC4)cc3n2[C@H]2CC[C@@H](O)CC2)c1F. The number of ether oxygens (including phenoxy) is 1. The van der Waals surface area contributed by atoms with Crippen molar-refractivity contribution in [1.29, 1.82) is 0 Å². The maximum absolute atomic E-state index is 16.0. The number of imidazole rings is 1. The van der Waals surface area contributed by atoms with Gasteiger partial charge >= 0.3 is 0 Å². The first-order valence-corrected chi connectivity index (χ1v) is 16.3. The van der Waals surface area contributed by atoms with Crippen molar-refractivity contribution in [2.24, 2.45) is 0 Å². The number of benzene rings is 1. The van der Waals surface area contributed by atoms with Crippen LogP contribution in [0.5, 0.6) is 5.75 Å². The summed E-state index contributed by atoms with van der Waals surface area (Å²) in [5.74, 6) is -0.116. The van der Waals surface area contributed by atoms with E-state index in [9.17, 15) is 9.90 Å². The molecule has 46 heavy (non-hydrogen) atoms. The smallest absolute Gasteiger partial charge is 0.261 e. The summed E-state index contributed by atoms with van der Waals surface area (Å²) in [6.45, 7) is 6.00. The summed E-state index contributed by atoms with van der Waals surface area (Å²) in [6, 6.07) is 9.56. The lowest BCUT2D eigenvalue weighted by Crippen LogP contribution is -2.37. The van der Waals surface area contributed by atoms with Gasteiger partial charge in [0.15, 0.2) is 5.82 Å². The second-order valence-corrected chi connectivity index (χ2v) is 12.9. The van der Waals surface area contributed by atoms with Crippen LogP contribution in [0.4, 0.5) is 10.3 Å². The number of hydrogen-bond donors (Lipinski definition) is 2. The Bertz CT molecular complexity index is 1690. The van der Waals surface area contributed by atoms with Gasteiger partial charge in [-0.1, -0.05) is 6.07 Å². The minimum absolute atomic E-state index is 0.00211. The summed E-state index contributed by atoms with van der Waals surface area (Å²) in [5, 5.41) is 13.2. The highest BCUT2D eigenvalue weighted by Gasteiger charge is 2.29. The maximum atomic E-state index is 16.0. The average molecular weight is 630 g/mol. The lowest BCUT2D eigenvalue weighted by molar-refractivity contribution is 0.101. The zero-order chi connectivity index (χ0) is 32.4. The van der Waals surface area contributed by atoms with Crippen LogP contribution < -0.4 is 10.1 Å². The molecule has 2 aliphatic rings. The third kappa shape index (κ3) is 6.77. The number of methoxy groups -OCH3 is 1. The van der Waals surface area contributed by atoms with E-state index in [1.807, 2.05) is 6.07 Å². The largest absolute Gasteiger partial charge is 0.496 e. The molecule has 10 nitrogen and oxygen atoms in total. The summed E-state index contributed by atoms with van der Waals surface area (Å²) in [4.78, 5) is 31.9. The number of carbonyl (C=O) groups is 1. The van der Waals surface area contributed by atoms with Crippen molar-refractivity contribution < 1.29 is 19.0 Å². The van der Waals surface area contributed by atoms with E-state index in [0.717, 1.165) is 62.9 Å². The number of pyridine rings is 2. The number of likely N-dealkylation sites (N-methyl/N-ethyl adjacent to an activating group) is 1. The topological polar surface area (TPSA) is 109 Å². The molecule has 4 aromatic rings. The Labute approximate surface area is 269 Å². The van der Waals surface area contributed by atoms with E-state index in [4.69, 9.17) is 9.72 Å². The number of aryl methyl sites for hydroxylation is 1. The molecule has 1 amide bonds. The first kappa shape index (κ1) is 32.0. The average Bonchev–Trinajstić information content (AvgIpc) is 3.42. The van der Waals surface area contributed by atoms with E-state index in [1.165, 1.54) is 24.9 Å². The number of carbonyl (C=O) groups excluding carboxylic acids is 1. The number of aromatic nitrogens is 4. The fraction of sp³-hybridized carbons (Fsp3) is 0.486. The monoisotopic (exact) mass is 629 g/mol. The van der Waals surface area contributed by atoms with Gasteiger partial charge in [0.05, 0.1) is 35.4 Å². The molecule has 3 aromatic heterocycles. The molecule has 4 heterocycles. The van der Waals surface area contributed by atoms with Crippen molar-refractivity contribution in [2.45, 2.75) is 63.5 Å². The molecule has 0 unspecified atom stereocenters. The lowest BCUT2D eigenvalue weighted by Gasteiger charge is -2.33. The molecular weight excluding hydrogens is 585 g/mol. The van der Waals surface area contributed by atoms with Gasteiger partial charge in [0.2, 0.25) is 5.95 Å². The van der Waals surface area contributed by atoms with Gasteiger partial charge in [-0.05, 0) is 108 Å². The molecule has 0 bridgehead atoms. The third-order valence-electron chi connectivity index (χ3n) is 9.48. The Hall–Kier alpha value is -3.93. The predicted octanol–water partition coefficient (Wildman–Crippen LogP) is 5.42. The Balaban J connectivity index is 1.32. The van der Waals surface area contributed by atoms with Crippen molar-refractivity contribution >= 4 is 22.9 Å². The van der Waals surface area contributed by atoms with Crippen molar-refractivity contribution in [3.8, 4) is 17.0 Å². The van der Waals surface area contributed by atoms with E-state index >= 15 is 4.39 Å². The molecule has 1 saturated heterocycles. The molecule has 1 aliphatic heterocycles. The summed E-state index contributed by atoms with van der Waals surface area (Å²) in [7, 11) is 5.72. The zero-order valence-electron chi connectivity index (χ0n) is 27.2. The number of rotatable bonds is 9. The van der Waals surface area contributed by atoms with Gasteiger partial charge in [0, 0.05) is 37.2 Å². The first-order chi connectivity index (χ1) is 22.2. The van der Waals surface area contributed by atoms with Crippen LogP contribution in [-0.4, -0.2) is 93.8 Å². The number of halogens is 1. The fourth-order valence-corrected chi connectivity index (χ4v) is 6.88. The van der Waals surface area contributed by atoms with Crippen molar-refractivity contribution in [1.82, 2.24) is 29.3 Å².